The lowest BCUT2D eigenvalue weighted by molar-refractivity contribution is -0.200. The molecule has 4 fully saturated rings. The predicted octanol–water partition coefficient (Wildman–Crippen LogP) is 3.47. The minimum Gasteiger partial charge on any atom is -0.469 e. The number of esters is 3. The Bertz CT molecular complexity index is 821. The van der Waals surface area contributed by atoms with Crippen molar-refractivity contribution in [3.63, 3.8) is 0 Å². The van der Waals surface area contributed by atoms with Gasteiger partial charge in [0.1, 0.15) is 6.10 Å². The summed E-state index contributed by atoms with van der Waals surface area (Å²) in [5.41, 5.74) is -0.963. The molecule has 0 amide bonds. The molecule has 0 N–H and O–H groups in total. The first-order valence-electron chi connectivity index (χ1n) is 12.0. The topological polar surface area (TPSA) is 96.0 Å². The van der Waals surface area contributed by atoms with Crippen molar-refractivity contribution in [1.29, 1.82) is 0 Å². The van der Waals surface area contributed by atoms with E-state index < -0.39 is 23.4 Å². The average Bonchev–Trinajstić information content (AvgIpc) is 3.07. The highest BCUT2D eigenvalue weighted by Gasteiger charge is 2.69. The molecule has 0 radical (unpaired) electrons. The van der Waals surface area contributed by atoms with Crippen molar-refractivity contribution >= 4 is 23.7 Å². The highest BCUT2D eigenvalue weighted by atomic mass is 16.6. The van der Waals surface area contributed by atoms with Crippen molar-refractivity contribution in [1.82, 2.24) is 0 Å². The zero-order valence-corrected chi connectivity index (χ0v) is 19.8. The van der Waals surface area contributed by atoms with Gasteiger partial charge in [0.2, 0.25) is 0 Å². The Hall–Kier alpha value is -1.92. The van der Waals surface area contributed by atoms with Gasteiger partial charge in [-0.2, -0.15) is 0 Å². The van der Waals surface area contributed by atoms with Crippen LogP contribution in [0.1, 0.15) is 72.6 Å². The molecule has 0 aromatic heterocycles. The Morgan fingerprint density at radius 1 is 0.938 bits per heavy atom. The maximum Gasteiger partial charge on any atom is 0.309 e. The molecule has 0 spiro atoms. The fourth-order valence-corrected chi connectivity index (χ4v) is 8.21. The molecule has 0 aliphatic heterocycles. The maximum absolute atomic E-state index is 14.1. The van der Waals surface area contributed by atoms with E-state index in [0.29, 0.717) is 6.42 Å². The van der Waals surface area contributed by atoms with Crippen LogP contribution in [0.2, 0.25) is 0 Å². The van der Waals surface area contributed by atoms with Gasteiger partial charge in [-0.05, 0) is 68.1 Å². The number of hydrogen-bond acceptors (Lipinski definition) is 7. The third-order valence-electron chi connectivity index (χ3n) is 9.54. The van der Waals surface area contributed by atoms with Gasteiger partial charge in [0.25, 0.3) is 0 Å². The molecule has 7 nitrogen and oxygen atoms in total. The normalized spacial score (nSPS) is 45.2. The minimum atomic E-state index is -0.931. The van der Waals surface area contributed by atoms with Crippen molar-refractivity contribution in [2.24, 2.45) is 40.4 Å². The van der Waals surface area contributed by atoms with Crippen molar-refractivity contribution in [2.75, 3.05) is 7.11 Å². The van der Waals surface area contributed by atoms with E-state index in [9.17, 15) is 19.2 Å². The fraction of sp³-hybridized carbons (Fsp3) is 0.840. The predicted molar refractivity (Wildman–Crippen MR) is 114 cm³/mol. The van der Waals surface area contributed by atoms with E-state index in [-0.39, 0.29) is 52.9 Å². The summed E-state index contributed by atoms with van der Waals surface area (Å²) in [6.45, 7) is 6.93. The number of fused-ring (bicyclic) bond motifs is 5. The molecule has 7 heteroatoms. The van der Waals surface area contributed by atoms with Crippen molar-refractivity contribution in [3.8, 4) is 0 Å². The fourth-order valence-electron chi connectivity index (χ4n) is 8.21. The van der Waals surface area contributed by atoms with Crippen LogP contribution < -0.4 is 0 Å². The van der Waals surface area contributed by atoms with Gasteiger partial charge in [0.15, 0.2) is 11.9 Å². The Balaban J connectivity index is 1.70. The molecule has 0 heterocycles. The molecule has 4 aliphatic carbocycles. The average molecular weight is 449 g/mol. The molecule has 4 aliphatic rings. The SMILES string of the molecule is COC(=O)[C@@H]1CC[C@@H]2[C@@H]3CC[C@@H]4C[C@H](OC(C)=O)CC[C@]4(C)[C@@H]3C(=O)[C@H](OC(C)=O)[C@@]21C. The van der Waals surface area contributed by atoms with Gasteiger partial charge in [0, 0.05) is 25.2 Å². The van der Waals surface area contributed by atoms with Crippen LogP contribution in [0.5, 0.6) is 0 Å². The Morgan fingerprint density at radius 2 is 1.62 bits per heavy atom. The molecule has 32 heavy (non-hydrogen) atoms. The van der Waals surface area contributed by atoms with Gasteiger partial charge in [0.05, 0.1) is 13.0 Å². The number of rotatable bonds is 3. The third kappa shape index (κ3) is 3.38. The van der Waals surface area contributed by atoms with Crippen LogP contribution in [-0.4, -0.2) is 43.0 Å². The number of carbonyl (C=O) groups is 4. The van der Waals surface area contributed by atoms with Gasteiger partial charge in [-0.1, -0.05) is 13.8 Å². The molecular formula is C25H36O7. The van der Waals surface area contributed by atoms with Gasteiger partial charge >= 0.3 is 17.9 Å². The summed E-state index contributed by atoms with van der Waals surface area (Å²) in [6.07, 6.45) is 4.67. The van der Waals surface area contributed by atoms with Crippen LogP contribution in [0.25, 0.3) is 0 Å². The zero-order valence-electron chi connectivity index (χ0n) is 19.8. The van der Waals surface area contributed by atoms with Gasteiger partial charge < -0.3 is 14.2 Å². The highest BCUT2D eigenvalue weighted by Crippen LogP contribution is 2.67. The van der Waals surface area contributed by atoms with E-state index in [1.54, 1.807) is 0 Å². The molecule has 0 aromatic carbocycles. The second kappa shape index (κ2) is 8.14. The summed E-state index contributed by atoms with van der Waals surface area (Å²) in [6, 6.07) is 0. The zero-order chi connectivity index (χ0) is 23.4. The molecule has 9 atom stereocenters. The molecule has 0 unspecified atom stereocenters. The summed E-state index contributed by atoms with van der Waals surface area (Å²) in [7, 11) is 1.38. The smallest absolute Gasteiger partial charge is 0.309 e. The Morgan fingerprint density at radius 3 is 2.25 bits per heavy atom. The van der Waals surface area contributed by atoms with E-state index in [1.165, 1.54) is 21.0 Å². The van der Waals surface area contributed by atoms with Gasteiger partial charge in [-0.15, -0.1) is 0 Å². The molecule has 0 aromatic rings. The van der Waals surface area contributed by atoms with E-state index in [0.717, 1.165) is 38.5 Å². The van der Waals surface area contributed by atoms with E-state index in [4.69, 9.17) is 14.2 Å². The van der Waals surface area contributed by atoms with Crippen LogP contribution in [0.15, 0.2) is 0 Å². The van der Waals surface area contributed by atoms with E-state index >= 15 is 0 Å². The lowest BCUT2D eigenvalue weighted by Gasteiger charge is -2.61. The lowest BCUT2D eigenvalue weighted by atomic mass is 9.43. The molecule has 0 saturated heterocycles. The van der Waals surface area contributed by atoms with Gasteiger partial charge in [-0.25, -0.2) is 0 Å². The van der Waals surface area contributed by atoms with Crippen LogP contribution in [-0.2, 0) is 33.4 Å². The number of carbonyl (C=O) groups excluding carboxylic acids is 4. The molecular weight excluding hydrogens is 412 g/mol. The van der Waals surface area contributed by atoms with Crippen LogP contribution in [0.4, 0.5) is 0 Å². The number of ether oxygens (including phenoxy) is 3. The lowest BCUT2D eigenvalue weighted by Crippen LogP contribution is -2.64. The van der Waals surface area contributed by atoms with Crippen LogP contribution in [0, 0.1) is 40.4 Å². The van der Waals surface area contributed by atoms with Crippen molar-refractivity contribution in [3.05, 3.63) is 0 Å². The molecule has 178 valence electrons. The Kier molecular flexibility index (Phi) is 5.91. The molecule has 4 saturated carbocycles. The quantitative estimate of drug-likeness (QED) is 0.482. The number of hydrogen-bond donors (Lipinski definition) is 0. The first-order chi connectivity index (χ1) is 15.0. The number of methoxy groups -OCH3 is 1. The van der Waals surface area contributed by atoms with Gasteiger partial charge in [-0.3, -0.25) is 19.2 Å². The largest absolute Gasteiger partial charge is 0.469 e. The molecule has 4 rings (SSSR count). The second-order valence-electron chi connectivity index (χ2n) is 10.9. The highest BCUT2D eigenvalue weighted by molar-refractivity contribution is 5.91. The van der Waals surface area contributed by atoms with E-state index in [1.807, 2.05) is 6.92 Å². The first kappa shape index (κ1) is 23.2. The minimum absolute atomic E-state index is 0.0297. The summed E-state index contributed by atoms with van der Waals surface area (Å²) < 4.78 is 16.3. The number of Topliss-reactive ketones (excluding diaryl/α,β-unsaturated/α-hetero) is 1. The summed E-state index contributed by atoms with van der Waals surface area (Å²) >= 11 is 0. The van der Waals surface area contributed by atoms with Crippen LogP contribution in [0.3, 0.4) is 0 Å². The van der Waals surface area contributed by atoms with Crippen molar-refractivity contribution < 1.29 is 33.4 Å². The molecule has 0 bridgehead atoms. The summed E-state index contributed by atoms with van der Waals surface area (Å²) in [4.78, 5) is 50.3. The van der Waals surface area contributed by atoms with Crippen molar-refractivity contribution in [2.45, 2.75) is 84.8 Å². The van der Waals surface area contributed by atoms with E-state index in [2.05, 4.69) is 6.92 Å². The Labute approximate surface area is 189 Å². The second-order valence-corrected chi connectivity index (χ2v) is 10.9. The number of ketones is 1. The summed E-state index contributed by atoms with van der Waals surface area (Å²) in [5.74, 6) is -1.18. The first-order valence-corrected chi connectivity index (χ1v) is 12.0. The monoisotopic (exact) mass is 448 g/mol. The standard InChI is InChI=1S/C25H36O7/c1-13(26)31-16-10-11-24(3)15(12-16)6-7-17-18-8-9-19(23(29)30-5)25(18,4)22(32-14(2)27)21(28)20(17)24/h15-20,22H,6-12H2,1-5H3/t15-,16-,17+,18-,19+,20+,22+,24+,25+/m1/s1. The third-order valence-corrected chi connectivity index (χ3v) is 9.54. The van der Waals surface area contributed by atoms with Crippen LogP contribution >= 0.6 is 0 Å². The summed E-state index contributed by atoms with van der Waals surface area (Å²) in [5, 5.41) is 0. The maximum atomic E-state index is 14.1.